The summed E-state index contributed by atoms with van der Waals surface area (Å²) in [6.07, 6.45) is 98.8. The highest BCUT2D eigenvalue weighted by Gasteiger charge is 2.30. The van der Waals surface area contributed by atoms with Gasteiger partial charge in [-0.3, -0.25) is 37.3 Å². The van der Waals surface area contributed by atoms with Gasteiger partial charge in [-0.25, -0.2) is 9.13 Å². The van der Waals surface area contributed by atoms with Gasteiger partial charge in [-0.15, -0.1) is 0 Å². The molecular formula is C91H148O17P2. The van der Waals surface area contributed by atoms with E-state index in [4.69, 9.17) is 37.0 Å². The number of rotatable bonds is 77. The SMILES string of the molecule is CC/C=C\C/C=C\C/C=C\C/C=C\C/C=C\C/C=C\CCC(=O)OCC(COP(=O)(O)OCC(O)COP(=O)(O)OCC(COC(=O)CCCCCCCC/C=C\C/C=C\C/C=C\CCCCC)OC(=O)CCC/C=C\C/C=C\C/C=C\C/C=C\C/C=C\CC)OC(=O)CCCCCCC/C=C\CCCCCCCC. The summed E-state index contributed by atoms with van der Waals surface area (Å²) >= 11 is 0. The number of hydrogen-bond donors (Lipinski definition) is 3. The molecule has 17 nitrogen and oxygen atoms in total. The summed E-state index contributed by atoms with van der Waals surface area (Å²) in [5.41, 5.74) is 0. The predicted molar refractivity (Wildman–Crippen MR) is 454 cm³/mol. The quantitative estimate of drug-likeness (QED) is 0.0169. The van der Waals surface area contributed by atoms with Gasteiger partial charge in [0.1, 0.15) is 19.3 Å². The van der Waals surface area contributed by atoms with Crippen molar-refractivity contribution >= 4 is 39.5 Å². The Morgan fingerprint density at radius 3 is 0.845 bits per heavy atom. The summed E-state index contributed by atoms with van der Waals surface area (Å²) in [5, 5.41) is 10.7. The number of allylic oxidation sites excluding steroid dienone is 30. The number of carbonyl (C=O) groups is 4. The zero-order valence-corrected chi connectivity index (χ0v) is 70.1. The van der Waals surface area contributed by atoms with Gasteiger partial charge in [-0.1, -0.05) is 300 Å². The highest BCUT2D eigenvalue weighted by molar-refractivity contribution is 7.47. The van der Waals surface area contributed by atoms with Crippen molar-refractivity contribution in [1.29, 1.82) is 0 Å². The molecule has 0 fully saturated rings. The second kappa shape index (κ2) is 81.2. The lowest BCUT2D eigenvalue weighted by molar-refractivity contribution is -0.161. The number of hydrogen-bond acceptors (Lipinski definition) is 15. The second-order valence-corrected chi connectivity index (χ2v) is 30.2. The first-order valence-electron chi connectivity index (χ1n) is 42.0. The van der Waals surface area contributed by atoms with E-state index < -0.39 is 97.5 Å². The van der Waals surface area contributed by atoms with Crippen LogP contribution in [0.4, 0.5) is 0 Å². The molecule has 0 spiro atoms. The predicted octanol–water partition coefficient (Wildman–Crippen LogP) is 25.1. The number of aliphatic hydroxyl groups excluding tert-OH is 1. The minimum absolute atomic E-state index is 0.00534. The van der Waals surface area contributed by atoms with Crippen molar-refractivity contribution in [1.82, 2.24) is 0 Å². The van der Waals surface area contributed by atoms with Crippen LogP contribution in [0, 0.1) is 0 Å². The third-order valence-corrected chi connectivity index (χ3v) is 18.7. The number of phosphoric ester groups is 2. The Bertz CT molecular complexity index is 2800. The number of ether oxygens (including phenoxy) is 4. The Kier molecular flexibility index (Phi) is 76.9. The zero-order valence-electron chi connectivity index (χ0n) is 68.4. The van der Waals surface area contributed by atoms with Crippen LogP contribution in [-0.4, -0.2) is 96.7 Å². The van der Waals surface area contributed by atoms with Gasteiger partial charge in [0.15, 0.2) is 12.2 Å². The number of esters is 4. The molecule has 0 heterocycles. The van der Waals surface area contributed by atoms with Crippen molar-refractivity contribution in [2.75, 3.05) is 39.6 Å². The van der Waals surface area contributed by atoms with E-state index >= 15 is 0 Å². The van der Waals surface area contributed by atoms with Gasteiger partial charge in [0.2, 0.25) is 0 Å². The van der Waals surface area contributed by atoms with E-state index in [1.54, 1.807) is 0 Å². The molecule has 3 N–H and O–H groups in total. The average Bonchev–Trinajstić information content (AvgIpc) is 0.899. The Morgan fingerprint density at radius 2 is 0.500 bits per heavy atom. The molecule has 0 aliphatic carbocycles. The molecule has 110 heavy (non-hydrogen) atoms. The third kappa shape index (κ3) is 80.2. The van der Waals surface area contributed by atoms with Crippen LogP contribution in [0.3, 0.4) is 0 Å². The molecule has 624 valence electrons. The second-order valence-electron chi connectivity index (χ2n) is 27.3. The van der Waals surface area contributed by atoms with E-state index in [1.807, 2.05) is 30.4 Å². The van der Waals surface area contributed by atoms with Crippen molar-refractivity contribution in [3.8, 4) is 0 Å². The molecule has 0 aliphatic heterocycles. The van der Waals surface area contributed by atoms with Crippen molar-refractivity contribution in [3.05, 3.63) is 182 Å². The van der Waals surface area contributed by atoms with Crippen LogP contribution < -0.4 is 0 Å². The summed E-state index contributed by atoms with van der Waals surface area (Å²) in [6, 6.07) is 0. The smallest absolute Gasteiger partial charge is 0.462 e. The van der Waals surface area contributed by atoms with Crippen molar-refractivity contribution in [2.24, 2.45) is 0 Å². The first-order chi connectivity index (χ1) is 53.7. The van der Waals surface area contributed by atoms with Crippen molar-refractivity contribution < 1.29 is 80.2 Å². The summed E-state index contributed by atoms with van der Waals surface area (Å²) in [7, 11) is -10.0. The zero-order chi connectivity index (χ0) is 80.3. The van der Waals surface area contributed by atoms with Crippen LogP contribution in [0.1, 0.15) is 310 Å². The molecule has 0 rings (SSSR count). The van der Waals surface area contributed by atoms with Crippen LogP contribution >= 0.6 is 15.6 Å². The first kappa shape index (κ1) is 104. The monoisotopic (exact) mass is 1580 g/mol. The Balaban J connectivity index is 5.52. The van der Waals surface area contributed by atoms with Gasteiger partial charge >= 0.3 is 39.5 Å². The maximum atomic E-state index is 13.1. The molecule has 0 saturated carbocycles. The molecule has 0 saturated heterocycles. The summed E-state index contributed by atoms with van der Waals surface area (Å²) in [5.74, 6) is -2.38. The standard InChI is InChI=1S/C91H148O17P2/c1-5-9-13-17-21-25-29-33-37-40-42-45-48-51-55-59-63-67-71-75-88(93)101-81-86(107-90(95)77-73-69-65-61-57-53-47-36-32-28-24-20-16-12-8-4)83-105-109(97,98)103-79-85(92)80-104-110(99,100)106-84-87(108-91(96)78-74-70-66-62-58-54-50-44-39-35-31-27-23-19-15-11-7-3)82-102-89(94)76-72-68-64-60-56-52-49-46-43-41-38-34-30-26-22-18-14-10-6-2/h9,11,13,15,21-23,25-27,33-39,42-43,45-47,50-51,54-55,62-63,66-67,85-87,92H,5-8,10,12,14,16-20,24,28-32,40-41,44,48-49,52-53,56-61,64-65,68-84H2,1-4H3,(H,97,98)(H,99,100)/b13-9-,15-11-,25-21-,26-22-,27-23-,37-33-,38-34-,39-35-,45-42-,46-43-,47-36-,54-50-,55-51-,66-62-,67-63-. The van der Waals surface area contributed by atoms with E-state index in [9.17, 15) is 43.2 Å². The van der Waals surface area contributed by atoms with Gasteiger partial charge < -0.3 is 33.8 Å². The summed E-state index contributed by atoms with van der Waals surface area (Å²) < 4.78 is 68.6. The topological polar surface area (TPSA) is 237 Å². The number of aliphatic hydroxyl groups is 1. The number of phosphoric acid groups is 2. The fourth-order valence-corrected chi connectivity index (χ4v) is 12.1. The molecule has 5 unspecified atom stereocenters. The molecule has 0 bridgehead atoms. The van der Waals surface area contributed by atoms with Crippen LogP contribution in [-0.2, 0) is 65.4 Å². The van der Waals surface area contributed by atoms with E-state index in [0.717, 1.165) is 161 Å². The minimum Gasteiger partial charge on any atom is -0.462 e. The molecular weight excluding hydrogens is 1430 g/mol. The van der Waals surface area contributed by atoms with Crippen LogP contribution in [0.25, 0.3) is 0 Å². The highest BCUT2D eigenvalue weighted by Crippen LogP contribution is 2.45. The molecule has 0 aromatic carbocycles. The Morgan fingerprint density at radius 1 is 0.264 bits per heavy atom. The molecule has 0 aliphatic rings. The fourth-order valence-electron chi connectivity index (χ4n) is 10.5. The first-order valence-corrected chi connectivity index (χ1v) is 45.0. The molecule has 0 aromatic heterocycles. The summed E-state index contributed by atoms with van der Waals surface area (Å²) in [4.78, 5) is 73.2. The van der Waals surface area contributed by atoms with Gasteiger partial charge in [0.25, 0.3) is 0 Å². The van der Waals surface area contributed by atoms with Gasteiger partial charge in [-0.2, -0.15) is 0 Å². The lowest BCUT2D eigenvalue weighted by atomic mass is 10.1. The van der Waals surface area contributed by atoms with Crippen LogP contribution in [0.15, 0.2) is 182 Å². The van der Waals surface area contributed by atoms with Crippen molar-refractivity contribution in [2.45, 2.75) is 329 Å². The van der Waals surface area contributed by atoms with E-state index in [2.05, 4.69) is 180 Å². The van der Waals surface area contributed by atoms with E-state index in [1.165, 1.54) is 57.8 Å². The summed E-state index contributed by atoms with van der Waals surface area (Å²) in [6.45, 7) is 4.44. The highest BCUT2D eigenvalue weighted by atomic mass is 31.2. The maximum Gasteiger partial charge on any atom is 0.472 e. The van der Waals surface area contributed by atoms with E-state index in [-0.39, 0.29) is 25.7 Å². The molecule has 19 heteroatoms. The normalized spacial score (nSPS) is 14.7. The fraction of sp³-hybridized carbons (Fsp3) is 0.626. The average molecular weight is 1580 g/mol. The van der Waals surface area contributed by atoms with Crippen molar-refractivity contribution in [3.63, 3.8) is 0 Å². The molecule has 5 atom stereocenters. The molecule has 0 amide bonds. The molecule has 0 aromatic rings. The lowest BCUT2D eigenvalue weighted by Gasteiger charge is -2.21. The van der Waals surface area contributed by atoms with Gasteiger partial charge in [0, 0.05) is 25.7 Å². The lowest BCUT2D eigenvalue weighted by Crippen LogP contribution is -2.30. The van der Waals surface area contributed by atoms with Crippen LogP contribution in [0.5, 0.6) is 0 Å². The largest absolute Gasteiger partial charge is 0.472 e. The van der Waals surface area contributed by atoms with E-state index in [0.29, 0.717) is 38.5 Å². The third-order valence-electron chi connectivity index (χ3n) is 16.8. The Labute approximate surface area is 666 Å². The Hall–Kier alpha value is -5.84. The maximum absolute atomic E-state index is 13.1. The van der Waals surface area contributed by atoms with Gasteiger partial charge in [-0.05, 0) is 167 Å². The molecule has 0 radical (unpaired) electrons. The number of carbonyl (C=O) groups excluding carboxylic acids is 4. The van der Waals surface area contributed by atoms with Crippen LogP contribution in [0.2, 0.25) is 0 Å². The number of unbranched alkanes of at least 4 members (excludes halogenated alkanes) is 21. The van der Waals surface area contributed by atoms with Gasteiger partial charge in [0.05, 0.1) is 26.4 Å². The minimum atomic E-state index is -5.01.